The summed E-state index contributed by atoms with van der Waals surface area (Å²) in [5.74, 6) is 0.686. The van der Waals surface area contributed by atoms with Gasteiger partial charge in [0.05, 0.1) is 22.4 Å². The number of aromatic nitrogens is 3. The van der Waals surface area contributed by atoms with E-state index < -0.39 is 0 Å². The van der Waals surface area contributed by atoms with Crippen LogP contribution in [-0.4, -0.2) is 32.3 Å². The molecule has 11 heteroatoms. The number of hydrogen-bond acceptors (Lipinski definition) is 5. The van der Waals surface area contributed by atoms with Crippen LogP contribution in [0.3, 0.4) is 0 Å². The molecule has 0 spiro atoms. The number of benzene rings is 2. The van der Waals surface area contributed by atoms with Crippen molar-refractivity contribution in [1.29, 1.82) is 0 Å². The molecule has 0 unspecified atom stereocenters. The second-order valence-corrected chi connectivity index (χ2v) is 12.1. The Bertz CT molecular complexity index is 1270. The number of carbonyl (C=O) groups is 2. The van der Waals surface area contributed by atoms with E-state index in [0.29, 0.717) is 34.5 Å². The van der Waals surface area contributed by atoms with Gasteiger partial charge in [-0.05, 0) is 97.2 Å². The summed E-state index contributed by atoms with van der Waals surface area (Å²) >= 11 is 15.8. The number of amides is 2. The Morgan fingerprint density at radius 2 is 1.78 bits per heavy atom. The largest absolute Gasteiger partial charge is 0.342 e. The number of hydrogen-bond donors (Lipinski definition) is 2. The fraction of sp³-hybridized carbons (Fsp3) is 0.385. The number of nitrogens with zero attached hydrogens (tertiary/aromatic N) is 3. The number of aryl methyl sites for hydroxylation is 2. The van der Waals surface area contributed by atoms with E-state index in [1.54, 1.807) is 18.2 Å². The van der Waals surface area contributed by atoms with Crippen LogP contribution in [0.15, 0.2) is 35.5 Å². The van der Waals surface area contributed by atoms with Crippen LogP contribution < -0.4 is 10.6 Å². The molecule has 2 amide bonds. The zero-order valence-electron chi connectivity index (χ0n) is 21.4. The van der Waals surface area contributed by atoms with Crippen molar-refractivity contribution in [1.82, 2.24) is 20.1 Å². The number of carbonyl (C=O) groups excluding carboxylic acids is 2. The molecule has 1 heterocycles. The second-order valence-electron chi connectivity index (χ2n) is 9.12. The van der Waals surface area contributed by atoms with E-state index in [1.807, 2.05) is 37.5 Å². The standard InChI is InChI=1S/C26H30Cl2IN5O2S/c1-6-34-24(21(9-14(2)3)30-25(36)19-8-7-17(27)12-20(19)28)32-33-26(34)37-13-22(35)31-23-15(4)10-18(29)11-16(23)5/h7-8,10-12,14,21H,6,9,13H2,1-5H3,(H,30,36)(H,31,35)/t21-/m0/s1. The van der Waals surface area contributed by atoms with Crippen LogP contribution in [0.4, 0.5) is 5.69 Å². The second kappa shape index (κ2) is 13.3. The molecule has 3 aromatic rings. The highest BCUT2D eigenvalue weighted by molar-refractivity contribution is 14.1. The number of halogens is 3. The Labute approximate surface area is 245 Å². The van der Waals surface area contributed by atoms with Crippen LogP contribution in [0, 0.1) is 23.3 Å². The summed E-state index contributed by atoms with van der Waals surface area (Å²) in [6.07, 6.45) is 0.658. The van der Waals surface area contributed by atoms with Gasteiger partial charge in [0, 0.05) is 20.8 Å². The van der Waals surface area contributed by atoms with E-state index in [1.165, 1.54) is 11.8 Å². The first-order chi connectivity index (χ1) is 17.5. The Hall–Kier alpha value is -1.82. The third-order valence-corrected chi connectivity index (χ3v) is 7.79. The minimum atomic E-state index is -0.382. The molecule has 0 aliphatic rings. The maximum absolute atomic E-state index is 13.1. The smallest absolute Gasteiger partial charge is 0.253 e. The Kier molecular flexibility index (Phi) is 10.7. The van der Waals surface area contributed by atoms with Gasteiger partial charge in [-0.2, -0.15) is 0 Å². The molecule has 198 valence electrons. The van der Waals surface area contributed by atoms with Crippen LogP contribution >= 0.6 is 57.6 Å². The van der Waals surface area contributed by atoms with Crippen LogP contribution in [0.25, 0.3) is 0 Å². The minimum Gasteiger partial charge on any atom is -0.342 e. The first kappa shape index (κ1) is 29.7. The van der Waals surface area contributed by atoms with E-state index in [9.17, 15) is 9.59 Å². The molecule has 2 N–H and O–H groups in total. The lowest BCUT2D eigenvalue weighted by molar-refractivity contribution is -0.113. The van der Waals surface area contributed by atoms with Crippen molar-refractivity contribution in [3.05, 3.63) is 66.5 Å². The lowest BCUT2D eigenvalue weighted by atomic mass is 10.0. The number of thioether (sulfide) groups is 1. The lowest BCUT2D eigenvalue weighted by Crippen LogP contribution is -2.32. The third kappa shape index (κ3) is 7.84. The molecule has 0 aliphatic carbocycles. The SMILES string of the molecule is CCn1c(SCC(=O)Nc2c(C)cc(I)cc2C)nnc1[C@H](CC(C)C)NC(=O)c1ccc(Cl)cc1Cl. The summed E-state index contributed by atoms with van der Waals surface area (Å²) in [4.78, 5) is 25.8. The van der Waals surface area contributed by atoms with E-state index >= 15 is 0 Å². The molecule has 0 radical (unpaired) electrons. The van der Waals surface area contributed by atoms with E-state index in [0.717, 1.165) is 20.4 Å². The van der Waals surface area contributed by atoms with Gasteiger partial charge in [0.25, 0.3) is 5.91 Å². The summed E-state index contributed by atoms with van der Waals surface area (Å²) in [7, 11) is 0. The summed E-state index contributed by atoms with van der Waals surface area (Å²) in [6, 6.07) is 8.48. The van der Waals surface area contributed by atoms with Crippen molar-refractivity contribution in [2.45, 2.75) is 58.8 Å². The summed E-state index contributed by atoms with van der Waals surface area (Å²) < 4.78 is 3.07. The van der Waals surface area contributed by atoms with Crippen molar-refractivity contribution in [3.63, 3.8) is 0 Å². The molecule has 2 aromatic carbocycles. The average Bonchev–Trinajstić information content (AvgIpc) is 3.22. The van der Waals surface area contributed by atoms with Gasteiger partial charge in [0.1, 0.15) is 0 Å². The quantitative estimate of drug-likeness (QED) is 0.178. The Morgan fingerprint density at radius 3 is 2.38 bits per heavy atom. The van der Waals surface area contributed by atoms with Gasteiger partial charge in [-0.15, -0.1) is 10.2 Å². The predicted molar refractivity (Wildman–Crippen MR) is 160 cm³/mol. The monoisotopic (exact) mass is 673 g/mol. The molecule has 1 aromatic heterocycles. The highest BCUT2D eigenvalue weighted by atomic mass is 127. The van der Waals surface area contributed by atoms with Crippen LogP contribution in [0.5, 0.6) is 0 Å². The normalized spacial score (nSPS) is 12.0. The highest BCUT2D eigenvalue weighted by Crippen LogP contribution is 2.28. The molecular formula is C26H30Cl2IN5O2S. The van der Waals surface area contributed by atoms with Crippen molar-refractivity contribution in [3.8, 4) is 0 Å². The van der Waals surface area contributed by atoms with E-state index in [4.69, 9.17) is 23.2 Å². The first-order valence-electron chi connectivity index (χ1n) is 11.9. The van der Waals surface area contributed by atoms with Crippen LogP contribution in [0.1, 0.15) is 60.5 Å². The van der Waals surface area contributed by atoms with Gasteiger partial charge in [-0.25, -0.2) is 0 Å². The Morgan fingerprint density at radius 1 is 1.11 bits per heavy atom. The van der Waals surface area contributed by atoms with Crippen molar-refractivity contribution < 1.29 is 9.59 Å². The van der Waals surface area contributed by atoms with Gasteiger partial charge < -0.3 is 15.2 Å². The molecule has 1 atom stereocenters. The number of rotatable bonds is 10. The topological polar surface area (TPSA) is 88.9 Å². The molecule has 0 fully saturated rings. The molecule has 3 rings (SSSR count). The van der Waals surface area contributed by atoms with Gasteiger partial charge in [-0.3, -0.25) is 9.59 Å². The van der Waals surface area contributed by atoms with E-state index in [-0.39, 0.29) is 34.5 Å². The fourth-order valence-electron chi connectivity index (χ4n) is 3.99. The number of anilines is 1. The zero-order chi connectivity index (χ0) is 27.3. The molecule has 0 saturated heterocycles. The molecular weight excluding hydrogens is 644 g/mol. The molecule has 0 bridgehead atoms. The Balaban J connectivity index is 1.76. The zero-order valence-corrected chi connectivity index (χ0v) is 25.8. The maximum Gasteiger partial charge on any atom is 0.253 e. The lowest BCUT2D eigenvalue weighted by Gasteiger charge is -2.21. The molecule has 37 heavy (non-hydrogen) atoms. The highest BCUT2D eigenvalue weighted by Gasteiger charge is 2.25. The van der Waals surface area contributed by atoms with Crippen molar-refractivity contribution in [2.24, 2.45) is 5.92 Å². The fourth-order valence-corrected chi connectivity index (χ4v) is 6.22. The van der Waals surface area contributed by atoms with E-state index in [2.05, 4.69) is 57.3 Å². The molecule has 0 saturated carbocycles. The van der Waals surface area contributed by atoms with Crippen LogP contribution in [0.2, 0.25) is 10.0 Å². The molecule has 7 nitrogen and oxygen atoms in total. The summed E-state index contributed by atoms with van der Waals surface area (Å²) in [5, 5.41) is 16.2. The first-order valence-corrected chi connectivity index (χ1v) is 14.7. The van der Waals surface area contributed by atoms with Crippen molar-refractivity contribution in [2.75, 3.05) is 11.1 Å². The predicted octanol–water partition coefficient (Wildman–Crippen LogP) is 7.07. The van der Waals surface area contributed by atoms with Crippen LogP contribution in [-0.2, 0) is 11.3 Å². The summed E-state index contributed by atoms with van der Waals surface area (Å²) in [5.41, 5.74) is 3.23. The van der Waals surface area contributed by atoms with Gasteiger partial charge in [0.15, 0.2) is 11.0 Å². The number of nitrogens with one attached hydrogen (secondary N) is 2. The third-order valence-electron chi connectivity index (χ3n) is 5.66. The minimum absolute atomic E-state index is 0.117. The van der Waals surface area contributed by atoms with Gasteiger partial charge in [-0.1, -0.05) is 48.8 Å². The van der Waals surface area contributed by atoms with Gasteiger partial charge in [0.2, 0.25) is 5.91 Å². The molecule has 0 aliphatic heterocycles. The van der Waals surface area contributed by atoms with Crippen molar-refractivity contribution >= 4 is 75.1 Å². The maximum atomic E-state index is 13.1. The summed E-state index contributed by atoms with van der Waals surface area (Å²) in [6.45, 7) is 10.7. The van der Waals surface area contributed by atoms with Gasteiger partial charge >= 0.3 is 0 Å². The average molecular weight is 674 g/mol.